The molecule has 0 aromatic carbocycles. The average Bonchev–Trinajstić information content (AvgIpc) is 2.43. The van der Waals surface area contributed by atoms with Crippen molar-refractivity contribution in [3.8, 4) is 0 Å². The van der Waals surface area contributed by atoms with Crippen molar-refractivity contribution in [1.82, 2.24) is 0 Å². The fourth-order valence-corrected chi connectivity index (χ4v) is 4.60. The predicted molar refractivity (Wildman–Crippen MR) is 89.5 cm³/mol. The zero-order valence-electron chi connectivity index (χ0n) is 15.8. The van der Waals surface area contributed by atoms with E-state index in [0.717, 1.165) is 0 Å². The summed E-state index contributed by atoms with van der Waals surface area (Å²) in [6.07, 6.45) is -0.352. The number of rotatable bonds is 14. The summed E-state index contributed by atoms with van der Waals surface area (Å²) in [4.78, 5) is 0. The van der Waals surface area contributed by atoms with Crippen molar-refractivity contribution >= 4 is 28.1 Å². The first kappa shape index (κ1) is 29.1. The maximum absolute atomic E-state index is 12.2. The third kappa shape index (κ3) is 14.9. The van der Waals surface area contributed by atoms with Crippen LogP contribution in [0.25, 0.3) is 0 Å². The first-order chi connectivity index (χ1) is 11.2. The van der Waals surface area contributed by atoms with E-state index in [1.54, 1.807) is 27.7 Å². The summed E-state index contributed by atoms with van der Waals surface area (Å²) in [5, 5.41) is 0. The molecule has 26 heavy (non-hydrogen) atoms. The molecule has 0 N–H and O–H groups in total. The van der Waals surface area contributed by atoms with E-state index < -0.39 is 45.0 Å². The molecule has 0 unspecified atom stereocenters. The van der Waals surface area contributed by atoms with Crippen LogP contribution in [-0.4, -0.2) is 59.3 Å². The Morgan fingerprint density at radius 1 is 0.923 bits per heavy atom. The van der Waals surface area contributed by atoms with Crippen molar-refractivity contribution < 1.29 is 73.3 Å². The molecule has 10 nitrogen and oxygen atoms in total. The van der Waals surface area contributed by atoms with Gasteiger partial charge in [-0.05, 0) is 20.3 Å². The van der Waals surface area contributed by atoms with E-state index in [0.29, 0.717) is 0 Å². The van der Waals surface area contributed by atoms with Gasteiger partial charge in [-0.3, -0.25) is 17.8 Å². The van der Waals surface area contributed by atoms with E-state index in [9.17, 15) is 26.0 Å². The van der Waals surface area contributed by atoms with Crippen LogP contribution in [0.4, 0.5) is 0 Å². The molecule has 0 saturated carbocycles. The number of hydrogen-bond acceptors (Lipinski definition) is 10. The average molecular weight is 448 g/mol. The number of phosphoric acid groups is 1. The quantitative estimate of drug-likeness (QED) is 0.133. The summed E-state index contributed by atoms with van der Waals surface area (Å²) in [7, 11) is -12.2. The van der Waals surface area contributed by atoms with Gasteiger partial charge in [0.25, 0.3) is 10.1 Å². The van der Waals surface area contributed by atoms with Crippen LogP contribution in [0.3, 0.4) is 0 Å². The fourth-order valence-electron chi connectivity index (χ4n) is 1.44. The van der Waals surface area contributed by atoms with Crippen LogP contribution >= 0.6 is 7.82 Å². The summed E-state index contributed by atoms with van der Waals surface area (Å²) in [5.74, 6) is -1.38. The van der Waals surface area contributed by atoms with E-state index in [1.165, 1.54) is 0 Å². The molecular weight excluding hydrogens is 422 g/mol. The van der Waals surface area contributed by atoms with Crippen LogP contribution in [-0.2, 0) is 42.6 Å². The molecule has 0 bridgehead atoms. The van der Waals surface area contributed by atoms with Crippen LogP contribution in [0.5, 0.6) is 0 Å². The van der Waals surface area contributed by atoms with E-state index in [-0.39, 0.29) is 62.4 Å². The second kappa shape index (κ2) is 12.5. The van der Waals surface area contributed by atoms with Crippen LogP contribution < -0.4 is 29.6 Å². The maximum atomic E-state index is 12.2. The molecule has 0 aromatic rings. The first-order valence-corrected chi connectivity index (χ1v) is 12.2. The minimum absolute atomic E-state index is 0. The second-order valence-corrected chi connectivity index (χ2v) is 10.8. The van der Waals surface area contributed by atoms with Gasteiger partial charge >= 0.3 is 37.4 Å². The Labute approximate surface area is 178 Å². The van der Waals surface area contributed by atoms with Gasteiger partial charge in [-0.1, -0.05) is 13.8 Å². The van der Waals surface area contributed by atoms with Gasteiger partial charge in [0.1, 0.15) is 0 Å². The van der Waals surface area contributed by atoms with Crippen LogP contribution in [0, 0.1) is 5.41 Å². The smallest absolute Gasteiger partial charge is 0.748 e. The van der Waals surface area contributed by atoms with Crippen molar-refractivity contribution in [3.05, 3.63) is 0 Å². The van der Waals surface area contributed by atoms with Crippen molar-refractivity contribution in [3.63, 3.8) is 0 Å². The fraction of sp³-hybridized carbons (Fsp3) is 1.00. The van der Waals surface area contributed by atoms with Gasteiger partial charge in [-0.2, -0.15) is 8.42 Å². The van der Waals surface area contributed by atoms with Crippen molar-refractivity contribution in [2.75, 3.05) is 37.9 Å². The molecular formula is C12H26NaO10PS2. The van der Waals surface area contributed by atoms with Crippen molar-refractivity contribution in [2.45, 2.75) is 34.1 Å². The Morgan fingerprint density at radius 2 is 1.42 bits per heavy atom. The molecule has 0 aliphatic rings. The van der Waals surface area contributed by atoms with Gasteiger partial charge in [-0.15, -0.1) is 0 Å². The molecule has 0 aliphatic heterocycles. The van der Waals surface area contributed by atoms with Crippen LogP contribution in [0.2, 0.25) is 0 Å². The maximum Gasteiger partial charge on any atom is 1.00 e. The minimum atomic E-state index is -4.47. The van der Waals surface area contributed by atoms with E-state index in [2.05, 4.69) is 0 Å². The molecule has 0 radical (unpaired) electrons. The minimum Gasteiger partial charge on any atom is -0.748 e. The third-order valence-corrected chi connectivity index (χ3v) is 6.25. The summed E-state index contributed by atoms with van der Waals surface area (Å²) in [5.41, 5.74) is -0.846. The zero-order chi connectivity index (χ0) is 19.8. The molecule has 152 valence electrons. The van der Waals surface area contributed by atoms with Crippen molar-refractivity contribution in [2.24, 2.45) is 5.41 Å². The van der Waals surface area contributed by atoms with Gasteiger partial charge in [0.2, 0.25) is 0 Å². The summed E-state index contributed by atoms with van der Waals surface area (Å²) < 4.78 is 86.9. The van der Waals surface area contributed by atoms with Gasteiger partial charge in [0.05, 0.1) is 42.3 Å². The van der Waals surface area contributed by atoms with E-state index in [1.807, 2.05) is 0 Å². The monoisotopic (exact) mass is 448 g/mol. The number of hydrogen-bond donors (Lipinski definition) is 0. The third-order valence-electron chi connectivity index (χ3n) is 2.61. The molecule has 0 amide bonds. The molecule has 0 rings (SSSR count). The topological polar surface area (TPSA) is 145 Å². The van der Waals surface area contributed by atoms with Crippen LogP contribution in [0.1, 0.15) is 34.1 Å². The van der Waals surface area contributed by atoms with Gasteiger partial charge < -0.3 is 4.55 Å². The molecule has 0 aliphatic carbocycles. The molecule has 14 heteroatoms. The van der Waals surface area contributed by atoms with Gasteiger partial charge in [0.15, 0.2) is 0 Å². The Kier molecular flexibility index (Phi) is 14.0. The number of phosphoric ester groups is 1. The van der Waals surface area contributed by atoms with E-state index in [4.69, 9.17) is 17.8 Å². The molecule has 0 saturated heterocycles. The SMILES string of the molecule is CCOP(=O)(OCC)OCC(C)(C)COS(=O)(=O)CCCS(=O)(=O)[O-].[Na+]. The summed E-state index contributed by atoms with van der Waals surface area (Å²) in [6.45, 7) is 6.26. The molecule has 0 fully saturated rings. The Bertz CT molecular complexity index is 637. The Morgan fingerprint density at radius 3 is 1.85 bits per heavy atom. The van der Waals surface area contributed by atoms with Gasteiger partial charge in [-0.25, -0.2) is 13.0 Å². The molecule has 0 heterocycles. The van der Waals surface area contributed by atoms with Gasteiger partial charge in [0, 0.05) is 11.2 Å². The Hall–Kier alpha value is 0.930. The zero-order valence-corrected chi connectivity index (χ0v) is 20.3. The van der Waals surface area contributed by atoms with E-state index >= 15 is 0 Å². The summed E-state index contributed by atoms with van der Waals surface area (Å²) >= 11 is 0. The normalized spacial score (nSPS) is 13.4. The largest absolute Gasteiger partial charge is 1.00 e. The second-order valence-electron chi connectivity index (χ2n) is 5.86. The Balaban J connectivity index is 0. The van der Waals surface area contributed by atoms with Crippen LogP contribution in [0.15, 0.2) is 0 Å². The molecule has 0 aromatic heterocycles. The summed E-state index contributed by atoms with van der Waals surface area (Å²) in [6, 6.07) is 0. The first-order valence-electron chi connectivity index (χ1n) is 7.58. The standard InChI is InChI=1S/C12H27O10PS2.Na/c1-5-19-23(13,20-6-2)21-10-12(3,4)11-22-25(17,18)9-7-8-24(14,15)16;/h5-11H2,1-4H3,(H,14,15,16);/q;+1/p-1. The molecule has 0 spiro atoms. The predicted octanol–water partition coefficient (Wildman–Crippen LogP) is -1.50. The van der Waals surface area contributed by atoms with Crippen molar-refractivity contribution in [1.29, 1.82) is 0 Å². The molecule has 0 atom stereocenters.